The number of hydrogen-bond donors (Lipinski definition) is 0. The van der Waals surface area contributed by atoms with Crippen LogP contribution in [0.2, 0.25) is 5.02 Å². The van der Waals surface area contributed by atoms with E-state index in [4.69, 9.17) is 11.6 Å². The molecule has 0 aliphatic heterocycles. The molecule has 0 radical (unpaired) electrons. The first kappa shape index (κ1) is 17.5. The zero-order chi connectivity index (χ0) is 18.4. The van der Waals surface area contributed by atoms with E-state index in [0.29, 0.717) is 28.2 Å². The summed E-state index contributed by atoms with van der Waals surface area (Å²) in [7, 11) is 0. The summed E-state index contributed by atoms with van der Waals surface area (Å²) in [5.74, 6) is -0.218. The smallest absolute Gasteiger partial charge is 0.267 e. The highest BCUT2D eigenvalue weighted by atomic mass is 35.5. The van der Waals surface area contributed by atoms with Gasteiger partial charge in [-0.3, -0.25) is 4.79 Å². The fourth-order valence-corrected chi connectivity index (χ4v) is 3.06. The molecule has 0 saturated heterocycles. The summed E-state index contributed by atoms with van der Waals surface area (Å²) in [5.41, 5.74) is 0.740. The number of rotatable bonds is 2. The van der Waals surface area contributed by atoms with E-state index in [0.717, 1.165) is 10.2 Å². The largest absolute Gasteiger partial charge is 0.283 e. The predicted octanol–water partition coefficient (Wildman–Crippen LogP) is 4.43. The molecule has 0 N–H and O–H groups in total. The topological polar surface area (TPSA) is 47.8 Å². The fraction of sp³-hybridized carbons (Fsp3) is 0.316. The number of nitrogens with zero attached hydrogens (tertiary/aromatic N) is 3. The number of halogens is 2. The van der Waals surface area contributed by atoms with Gasteiger partial charge in [0.2, 0.25) is 0 Å². The third-order valence-electron chi connectivity index (χ3n) is 4.24. The summed E-state index contributed by atoms with van der Waals surface area (Å²) in [4.78, 5) is 17.1. The highest BCUT2D eigenvalue weighted by Gasteiger charge is 2.20. The second kappa shape index (κ2) is 6.23. The summed E-state index contributed by atoms with van der Waals surface area (Å²) >= 11 is 6.19. The lowest BCUT2D eigenvalue weighted by Crippen LogP contribution is -2.24. The highest BCUT2D eigenvalue weighted by Crippen LogP contribution is 2.27. The van der Waals surface area contributed by atoms with Crippen molar-refractivity contribution >= 4 is 22.4 Å². The number of hydrogen-bond acceptors (Lipinski definition) is 3. The maximum atomic E-state index is 14.7. The van der Waals surface area contributed by atoms with Gasteiger partial charge in [-0.15, -0.1) is 0 Å². The summed E-state index contributed by atoms with van der Waals surface area (Å²) in [6.45, 7) is 7.89. The molecule has 0 bridgehead atoms. The molecule has 0 atom stereocenters. The van der Waals surface area contributed by atoms with E-state index in [9.17, 15) is 9.18 Å². The summed E-state index contributed by atoms with van der Waals surface area (Å²) in [5, 5.41) is 5.20. The molecular weight excluding hydrogens is 341 g/mol. The van der Waals surface area contributed by atoms with E-state index in [1.165, 1.54) is 18.5 Å². The molecular formula is C19H19ClFN3O. The van der Waals surface area contributed by atoms with Crippen LogP contribution in [0, 0.1) is 5.82 Å². The molecule has 0 aliphatic rings. The van der Waals surface area contributed by atoms with Crippen LogP contribution in [-0.4, -0.2) is 14.8 Å². The Hall–Kier alpha value is -2.27. The van der Waals surface area contributed by atoms with Crippen LogP contribution >= 0.6 is 11.6 Å². The van der Waals surface area contributed by atoms with Gasteiger partial charge < -0.3 is 0 Å². The van der Waals surface area contributed by atoms with Crippen molar-refractivity contribution in [3.63, 3.8) is 0 Å². The van der Waals surface area contributed by atoms with E-state index in [1.54, 1.807) is 6.07 Å². The van der Waals surface area contributed by atoms with Crippen LogP contribution < -0.4 is 5.56 Å². The number of fused-ring (bicyclic) bond motifs is 1. The maximum absolute atomic E-state index is 14.7. The average molecular weight is 360 g/mol. The Bertz CT molecular complexity index is 1020. The Morgan fingerprint density at radius 2 is 2.00 bits per heavy atom. The van der Waals surface area contributed by atoms with Gasteiger partial charge in [-0.2, -0.15) is 9.78 Å². The molecule has 0 amide bonds. The van der Waals surface area contributed by atoms with Crippen molar-refractivity contribution in [2.75, 3.05) is 0 Å². The molecule has 1 aromatic carbocycles. The molecule has 0 aliphatic carbocycles. The van der Waals surface area contributed by atoms with Crippen LogP contribution in [0.3, 0.4) is 0 Å². The minimum Gasteiger partial charge on any atom is -0.267 e. The van der Waals surface area contributed by atoms with Crippen LogP contribution in [0.4, 0.5) is 4.39 Å². The summed E-state index contributed by atoms with van der Waals surface area (Å²) in [6.07, 6.45) is 3.59. The predicted molar refractivity (Wildman–Crippen MR) is 98.2 cm³/mol. The van der Waals surface area contributed by atoms with Crippen LogP contribution in [0.25, 0.3) is 16.6 Å². The van der Waals surface area contributed by atoms with Gasteiger partial charge in [0.25, 0.3) is 5.56 Å². The van der Waals surface area contributed by atoms with Gasteiger partial charge in [0, 0.05) is 22.2 Å². The first-order chi connectivity index (χ1) is 11.7. The molecule has 0 unspecified atom stereocenters. The van der Waals surface area contributed by atoms with Crippen molar-refractivity contribution in [3.05, 3.63) is 62.9 Å². The summed E-state index contributed by atoms with van der Waals surface area (Å²) < 4.78 is 15.8. The van der Waals surface area contributed by atoms with Crippen molar-refractivity contribution in [2.24, 2.45) is 0 Å². The van der Waals surface area contributed by atoms with E-state index >= 15 is 0 Å². The van der Waals surface area contributed by atoms with Crippen molar-refractivity contribution < 1.29 is 4.39 Å². The van der Waals surface area contributed by atoms with E-state index < -0.39 is 11.4 Å². The van der Waals surface area contributed by atoms with Crippen LogP contribution in [0.5, 0.6) is 0 Å². The molecule has 0 spiro atoms. The molecule has 2 heterocycles. The Kier molecular flexibility index (Phi) is 4.37. The fourth-order valence-electron chi connectivity index (χ4n) is 2.79. The Balaban J connectivity index is 2.32. The highest BCUT2D eigenvalue weighted by molar-refractivity contribution is 6.31. The van der Waals surface area contributed by atoms with Crippen molar-refractivity contribution in [3.8, 4) is 5.82 Å². The lowest BCUT2D eigenvalue weighted by Gasteiger charge is -2.20. The first-order valence-electron chi connectivity index (χ1n) is 8.10. The Labute approximate surface area is 150 Å². The molecule has 0 fully saturated rings. The van der Waals surface area contributed by atoms with E-state index in [-0.39, 0.29) is 10.8 Å². The Morgan fingerprint density at radius 1 is 1.28 bits per heavy atom. The van der Waals surface area contributed by atoms with Gasteiger partial charge in [-0.05, 0) is 35.6 Å². The number of benzene rings is 1. The maximum Gasteiger partial charge on any atom is 0.283 e. The van der Waals surface area contributed by atoms with Crippen molar-refractivity contribution in [2.45, 2.75) is 39.5 Å². The normalized spacial score (nSPS) is 11.9. The molecule has 6 heteroatoms. The second-order valence-corrected chi connectivity index (χ2v) is 7.39. The average Bonchev–Trinajstić information content (AvgIpc) is 2.53. The van der Waals surface area contributed by atoms with Gasteiger partial charge in [-0.1, -0.05) is 39.3 Å². The zero-order valence-corrected chi connectivity index (χ0v) is 15.4. The minimum absolute atomic E-state index is 0.00632. The van der Waals surface area contributed by atoms with Crippen LogP contribution in [-0.2, 0) is 11.8 Å². The van der Waals surface area contributed by atoms with Crippen molar-refractivity contribution in [1.29, 1.82) is 0 Å². The SMILES string of the molecule is CCc1c(Cl)ccnc1-n1ncc2cc(C(C)(C)C)cc(F)c2c1=O. The van der Waals surface area contributed by atoms with E-state index in [1.807, 2.05) is 33.8 Å². The quantitative estimate of drug-likeness (QED) is 0.680. The van der Waals surface area contributed by atoms with Gasteiger partial charge >= 0.3 is 0 Å². The van der Waals surface area contributed by atoms with Gasteiger partial charge in [0.05, 0.1) is 11.6 Å². The van der Waals surface area contributed by atoms with Crippen molar-refractivity contribution in [1.82, 2.24) is 14.8 Å². The molecule has 3 rings (SSSR count). The van der Waals surface area contributed by atoms with E-state index in [2.05, 4.69) is 10.1 Å². The molecule has 3 aromatic rings. The van der Waals surface area contributed by atoms with Gasteiger partial charge in [0.1, 0.15) is 5.82 Å². The molecule has 25 heavy (non-hydrogen) atoms. The molecule has 0 saturated carbocycles. The monoisotopic (exact) mass is 359 g/mol. The Morgan fingerprint density at radius 3 is 2.64 bits per heavy atom. The minimum atomic E-state index is -0.552. The third-order valence-corrected chi connectivity index (χ3v) is 4.59. The van der Waals surface area contributed by atoms with Crippen LogP contribution in [0.1, 0.15) is 38.8 Å². The zero-order valence-electron chi connectivity index (χ0n) is 14.6. The molecule has 130 valence electrons. The lowest BCUT2D eigenvalue weighted by atomic mass is 9.86. The van der Waals surface area contributed by atoms with Gasteiger partial charge in [0.15, 0.2) is 5.82 Å². The second-order valence-electron chi connectivity index (χ2n) is 6.98. The lowest BCUT2D eigenvalue weighted by molar-refractivity contribution is 0.576. The van der Waals surface area contributed by atoms with Gasteiger partial charge in [-0.25, -0.2) is 9.37 Å². The molecule has 4 nitrogen and oxygen atoms in total. The molecule has 2 aromatic heterocycles. The first-order valence-corrected chi connectivity index (χ1v) is 8.47. The third kappa shape index (κ3) is 3.04. The number of pyridine rings is 1. The summed E-state index contributed by atoms with van der Waals surface area (Å²) in [6, 6.07) is 4.88. The standard InChI is InChI=1S/C19H19ClFN3O/c1-5-13-14(20)6-7-22-17(13)24-18(25)16-11(10-23-24)8-12(9-15(16)21)19(2,3)4/h6-10H,5H2,1-4H3. The number of aromatic nitrogens is 3. The van der Waals surface area contributed by atoms with Crippen LogP contribution in [0.15, 0.2) is 35.4 Å².